The van der Waals surface area contributed by atoms with Gasteiger partial charge < -0.3 is 9.47 Å². The highest BCUT2D eigenvalue weighted by Crippen LogP contribution is 2.33. The second-order valence-electron chi connectivity index (χ2n) is 3.02. The minimum Gasteiger partial charge on any atom is -0.461 e. The van der Waals surface area contributed by atoms with Crippen LogP contribution in [0.5, 0.6) is 5.75 Å². The van der Waals surface area contributed by atoms with E-state index in [-0.39, 0.29) is 6.07 Å². The number of carbonyl (C=O) groups excluding carboxylic acids is 2. The first kappa shape index (κ1) is 13.9. The van der Waals surface area contributed by atoms with E-state index in [2.05, 4.69) is 9.47 Å². The van der Waals surface area contributed by atoms with E-state index < -0.39 is 35.2 Å². The fourth-order valence-corrected chi connectivity index (χ4v) is 1.02. The van der Waals surface area contributed by atoms with Crippen LogP contribution in [0, 0.1) is 5.82 Å². The Kier molecular flexibility index (Phi) is 3.89. The van der Waals surface area contributed by atoms with Gasteiger partial charge in [-0.05, 0) is 18.2 Å². The van der Waals surface area contributed by atoms with Crippen molar-refractivity contribution >= 4 is 11.9 Å². The van der Waals surface area contributed by atoms with Gasteiger partial charge in [0.15, 0.2) is 0 Å². The van der Waals surface area contributed by atoms with Crippen LogP contribution in [0.3, 0.4) is 0 Å². The number of carbonyl (C=O) groups is 2. The highest BCUT2D eigenvalue weighted by Gasteiger charge is 2.34. The molecule has 0 saturated carbocycles. The second-order valence-corrected chi connectivity index (χ2v) is 3.02. The first-order chi connectivity index (χ1) is 8.25. The minimum atomic E-state index is -4.93. The molecule has 0 unspecified atom stereocenters. The van der Waals surface area contributed by atoms with Gasteiger partial charge >= 0.3 is 18.1 Å². The Hall–Kier alpha value is -2.12. The summed E-state index contributed by atoms with van der Waals surface area (Å²) in [6, 6.07) is 1.53. The van der Waals surface area contributed by atoms with Crippen molar-refractivity contribution < 1.29 is 36.6 Å². The summed E-state index contributed by atoms with van der Waals surface area (Å²) in [5, 5.41) is 0. The number of ether oxygens (including phenoxy) is 2. The first-order valence-electron chi connectivity index (χ1n) is 4.42. The number of esters is 2. The van der Waals surface area contributed by atoms with Crippen molar-refractivity contribution in [1.29, 1.82) is 0 Å². The van der Waals surface area contributed by atoms with Crippen LogP contribution in [0.4, 0.5) is 17.6 Å². The molecule has 1 aromatic carbocycles. The molecule has 0 atom stereocenters. The lowest BCUT2D eigenvalue weighted by Crippen LogP contribution is -2.21. The van der Waals surface area contributed by atoms with E-state index in [9.17, 15) is 27.2 Å². The zero-order chi connectivity index (χ0) is 13.9. The van der Waals surface area contributed by atoms with Crippen LogP contribution >= 0.6 is 0 Å². The van der Waals surface area contributed by atoms with Crippen molar-refractivity contribution in [1.82, 2.24) is 0 Å². The summed E-state index contributed by atoms with van der Waals surface area (Å²) in [6.07, 6.45) is -4.93. The van der Waals surface area contributed by atoms with Gasteiger partial charge in [0.25, 0.3) is 0 Å². The standard InChI is InChI=1S/C10H6F4O4/c1-17-8(15)9(16)18-5-2-3-7(11)6(4-5)10(12,13)14/h2-4H,1H3. The summed E-state index contributed by atoms with van der Waals surface area (Å²) < 4.78 is 58.1. The van der Waals surface area contributed by atoms with Crippen LogP contribution in [0.15, 0.2) is 18.2 Å². The maximum absolute atomic E-state index is 12.9. The van der Waals surface area contributed by atoms with Crippen LogP contribution in [-0.2, 0) is 20.5 Å². The van der Waals surface area contributed by atoms with E-state index in [0.29, 0.717) is 6.07 Å². The Morgan fingerprint density at radius 2 is 1.78 bits per heavy atom. The molecule has 1 rings (SSSR count). The molecule has 0 N–H and O–H groups in total. The van der Waals surface area contributed by atoms with Crippen molar-refractivity contribution in [2.45, 2.75) is 6.18 Å². The van der Waals surface area contributed by atoms with E-state index in [4.69, 9.17) is 0 Å². The van der Waals surface area contributed by atoms with Crippen molar-refractivity contribution in [3.05, 3.63) is 29.6 Å². The zero-order valence-electron chi connectivity index (χ0n) is 8.88. The third kappa shape index (κ3) is 3.19. The second kappa shape index (κ2) is 5.03. The van der Waals surface area contributed by atoms with E-state index in [1.807, 2.05) is 0 Å². The minimum absolute atomic E-state index is 0.274. The fourth-order valence-electron chi connectivity index (χ4n) is 1.02. The van der Waals surface area contributed by atoms with Crippen LogP contribution in [0.2, 0.25) is 0 Å². The molecule has 18 heavy (non-hydrogen) atoms. The predicted molar refractivity (Wildman–Crippen MR) is 49.1 cm³/mol. The van der Waals surface area contributed by atoms with Crippen molar-refractivity contribution in [3.63, 3.8) is 0 Å². The number of methoxy groups -OCH3 is 1. The monoisotopic (exact) mass is 266 g/mol. The third-order valence-corrected chi connectivity index (χ3v) is 1.81. The molecular weight excluding hydrogens is 260 g/mol. The molecule has 0 aliphatic carbocycles. The zero-order valence-corrected chi connectivity index (χ0v) is 8.88. The quantitative estimate of drug-likeness (QED) is 0.337. The van der Waals surface area contributed by atoms with Crippen molar-refractivity contribution in [2.75, 3.05) is 7.11 Å². The lowest BCUT2D eigenvalue weighted by Gasteiger charge is -2.09. The maximum Gasteiger partial charge on any atom is 0.422 e. The van der Waals surface area contributed by atoms with Gasteiger partial charge in [-0.3, -0.25) is 0 Å². The topological polar surface area (TPSA) is 52.6 Å². The molecule has 0 heterocycles. The van der Waals surface area contributed by atoms with Gasteiger partial charge in [0.1, 0.15) is 11.6 Å². The summed E-state index contributed by atoms with van der Waals surface area (Å²) in [5.41, 5.74) is -1.60. The number of benzene rings is 1. The summed E-state index contributed by atoms with van der Waals surface area (Å²) >= 11 is 0. The molecule has 4 nitrogen and oxygen atoms in total. The molecule has 0 amide bonds. The summed E-state index contributed by atoms with van der Waals surface area (Å²) in [7, 11) is 0.898. The van der Waals surface area contributed by atoms with E-state index in [0.717, 1.165) is 13.2 Å². The summed E-state index contributed by atoms with van der Waals surface area (Å²) in [5.74, 6) is -5.01. The molecule has 1 aromatic rings. The number of rotatable bonds is 1. The smallest absolute Gasteiger partial charge is 0.422 e. The van der Waals surface area contributed by atoms with Crippen molar-refractivity contribution in [2.24, 2.45) is 0 Å². The third-order valence-electron chi connectivity index (χ3n) is 1.81. The van der Waals surface area contributed by atoms with Crippen LogP contribution < -0.4 is 4.74 Å². The number of halogens is 4. The van der Waals surface area contributed by atoms with E-state index in [1.165, 1.54) is 0 Å². The Balaban J connectivity index is 3.00. The molecule has 0 saturated heterocycles. The van der Waals surface area contributed by atoms with Gasteiger partial charge in [-0.2, -0.15) is 13.2 Å². The number of hydrogen-bond acceptors (Lipinski definition) is 4. The fraction of sp³-hybridized carbons (Fsp3) is 0.200. The molecule has 8 heteroatoms. The Bertz CT molecular complexity index is 481. The van der Waals surface area contributed by atoms with Crippen LogP contribution in [0.25, 0.3) is 0 Å². The average Bonchev–Trinajstić information content (AvgIpc) is 2.29. The normalized spacial score (nSPS) is 10.9. The maximum atomic E-state index is 12.9. The van der Waals surface area contributed by atoms with Crippen LogP contribution in [0.1, 0.15) is 5.56 Å². The SMILES string of the molecule is COC(=O)C(=O)Oc1ccc(F)c(C(F)(F)F)c1. The van der Waals surface area contributed by atoms with Crippen molar-refractivity contribution in [3.8, 4) is 5.75 Å². The molecule has 0 aliphatic rings. The molecule has 0 aromatic heterocycles. The largest absolute Gasteiger partial charge is 0.461 e. The summed E-state index contributed by atoms with van der Waals surface area (Å²) in [4.78, 5) is 21.6. The van der Waals surface area contributed by atoms with Gasteiger partial charge in [0, 0.05) is 0 Å². The first-order valence-corrected chi connectivity index (χ1v) is 4.42. The van der Waals surface area contributed by atoms with E-state index >= 15 is 0 Å². The van der Waals surface area contributed by atoms with Gasteiger partial charge in [0.05, 0.1) is 12.7 Å². The molecule has 0 fully saturated rings. The highest BCUT2D eigenvalue weighted by molar-refractivity contribution is 6.30. The Morgan fingerprint density at radius 1 is 1.17 bits per heavy atom. The predicted octanol–water partition coefficient (Wildman–Crippen LogP) is 1.92. The summed E-state index contributed by atoms with van der Waals surface area (Å²) in [6.45, 7) is 0. The molecule has 0 radical (unpaired) electrons. The molecule has 98 valence electrons. The highest BCUT2D eigenvalue weighted by atomic mass is 19.4. The molecule has 0 aliphatic heterocycles. The Labute approximate surface area is 98.1 Å². The molecule has 0 spiro atoms. The lowest BCUT2D eigenvalue weighted by atomic mass is 10.2. The van der Waals surface area contributed by atoms with E-state index in [1.54, 1.807) is 0 Å². The average molecular weight is 266 g/mol. The van der Waals surface area contributed by atoms with Gasteiger partial charge in [-0.15, -0.1) is 0 Å². The van der Waals surface area contributed by atoms with Gasteiger partial charge in [0.2, 0.25) is 0 Å². The van der Waals surface area contributed by atoms with Gasteiger partial charge in [-0.25, -0.2) is 14.0 Å². The van der Waals surface area contributed by atoms with Gasteiger partial charge in [-0.1, -0.05) is 0 Å². The molecular formula is C10H6F4O4. The molecule has 0 bridgehead atoms. The number of hydrogen-bond donors (Lipinski definition) is 0. The lowest BCUT2D eigenvalue weighted by molar-refractivity contribution is -0.160. The number of alkyl halides is 3. The Morgan fingerprint density at radius 3 is 2.28 bits per heavy atom. The van der Waals surface area contributed by atoms with Crippen LogP contribution in [-0.4, -0.2) is 19.0 Å².